The molecule has 2 aromatic heterocycles. The van der Waals surface area contributed by atoms with Crippen LogP contribution in [0.2, 0.25) is 16.6 Å². The van der Waals surface area contributed by atoms with E-state index in [2.05, 4.69) is 69.7 Å². The van der Waals surface area contributed by atoms with Gasteiger partial charge in [-0.05, 0) is 99.8 Å². The summed E-state index contributed by atoms with van der Waals surface area (Å²) in [6, 6.07) is 8.40. The smallest absolute Gasteiger partial charge is 0.410 e. The van der Waals surface area contributed by atoms with E-state index in [9.17, 15) is 9.18 Å². The molecule has 9 rings (SSSR count). The van der Waals surface area contributed by atoms with Gasteiger partial charge in [0.1, 0.15) is 49.3 Å². The molecule has 13 heteroatoms. The van der Waals surface area contributed by atoms with Crippen molar-refractivity contribution in [2.75, 3.05) is 31.1 Å². The molecule has 1 amide bonds. The van der Waals surface area contributed by atoms with Crippen LogP contribution in [0.5, 0.6) is 6.01 Å². The lowest BCUT2D eigenvalue weighted by atomic mass is 9.88. The number of amides is 1. The second-order valence-corrected chi connectivity index (χ2v) is 27.0. The van der Waals surface area contributed by atoms with Crippen LogP contribution < -0.4 is 9.64 Å². The van der Waals surface area contributed by atoms with Crippen molar-refractivity contribution in [1.29, 1.82) is 0 Å². The van der Waals surface area contributed by atoms with Gasteiger partial charge in [0.05, 0.1) is 40.3 Å². The molecule has 64 heavy (non-hydrogen) atoms. The summed E-state index contributed by atoms with van der Waals surface area (Å²) in [5.41, 5.74) is 5.13. The van der Waals surface area contributed by atoms with E-state index in [1.165, 1.54) is 6.07 Å². The van der Waals surface area contributed by atoms with Crippen molar-refractivity contribution in [2.24, 2.45) is 0 Å². The SMILES string of the molecule is CC(C)[Si](C#Cc1c(F)ccc2cccc(-c3nc4c5c(nc(OC[C@@]67CCCN6C[C@H](F)C7)nc5c3F)N3C[C@H]5CC[C@@H]([C@H]3CC[C@H]4C)N5C(=O)OC(C)(C)C)c12)(C(C)C)C(C)C. The van der Waals surface area contributed by atoms with Gasteiger partial charge in [-0.25, -0.2) is 22.9 Å². The number of alkyl halides is 1. The Morgan fingerprint density at radius 2 is 1.67 bits per heavy atom. The van der Waals surface area contributed by atoms with E-state index in [0.717, 1.165) is 44.0 Å². The number of piperazine rings is 1. The van der Waals surface area contributed by atoms with Gasteiger partial charge in [0.15, 0.2) is 5.82 Å². The van der Waals surface area contributed by atoms with Crippen LogP contribution in [0.15, 0.2) is 30.3 Å². The summed E-state index contributed by atoms with van der Waals surface area (Å²) in [5, 5.41) is 1.78. The Labute approximate surface area is 377 Å². The molecule has 5 aliphatic heterocycles. The van der Waals surface area contributed by atoms with Crippen molar-refractivity contribution in [3.63, 3.8) is 0 Å². The molecule has 7 heterocycles. The molecule has 0 N–H and O–H groups in total. The highest BCUT2D eigenvalue weighted by molar-refractivity contribution is 6.90. The van der Waals surface area contributed by atoms with Gasteiger partial charge < -0.3 is 14.4 Å². The molecule has 4 fully saturated rings. The third-order valence-electron chi connectivity index (χ3n) is 15.6. The van der Waals surface area contributed by atoms with Crippen molar-refractivity contribution in [2.45, 2.75) is 172 Å². The van der Waals surface area contributed by atoms with Gasteiger partial charge in [-0.1, -0.05) is 78.7 Å². The molecule has 5 aliphatic rings. The molecule has 2 bridgehead atoms. The molecule has 0 spiro atoms. The summed E-state index contributed by atoms with van der Waals surface area (Å²) in [4.78, 5) is 35.5. The number of anilines is 1. The largest absolute Gasteiger partial charge is 0.461 e. The van der Waals surface area contributed by atoms with Gasteiger partial charge in [0.25, 0.3) is 0 Å². The first-order chi connectivity index (χ1) is 30.3. The predicted molar refractivity (Wildman–Crippen MR) is 250 cm³/mol. The summed E-state index contributed by atoms with van der Waals surface area (Å²) < 4.78 is 61.9. The number of fused-ring (bicyclic) bond motifs is 7. The fraction of sp³-hybridized carbons (Fsp3) is 0.608. The molecule has 0 radical (unpaired) electrons. The number of carbonyl (C=O) groups is 1. The predicted octanol–water partition coefficient (Wildman–Crippen LogP) is 11.5. The number of benzene rings is 2. The van der Waals surface area contributed by atoms with Crippen LogP contribution in [0, 0.1) is 23.1 Å². The lowest BCUT2D eigenvalue weighted by Gasteiger charge is -2.48. The Kier molecular flexibility index (Phi) is 11.5. The zero-order valence-corrected chi connectivity index (χ0v) is 40.3. The van der Waals surface area contributed by atoms with Gasteiger partial charge in [-0.15, -0.1) is 5.54 Å². The number of aromatic nitrogens is 3. The van der Waals surface area contributed by atoms with E-state index in [1.807, 2.05) is 43.9 Å². The number of carbonyl (C=O) groups excluding carboxylic acids is 1. The number of rotatable bonds is 7. The first kappa shape index (κ1) is 44.8. The summed E-state index contributed by atoms with van der Waals surface area (Å²) in [5.74, 6) is 2.67. The van der Waals surface area contributed by atoms with Crippen LogP contribution in [-0.2, 0) is 4.74 Å². The fourth-order valence-electron chi connectivity index (χ4n) is 12.7. The third kappa shape index (κ3) is 7.43. The van der Waals surface area contributed by atoms with Gasteiger partial charge in [0.2, 0.25) is 0 Å². The average Bonchev–Trinajstić information content (AvgIpc) is 3.87. The topological polar surface area (TPSA) is 83.9 Å². The van der Waals surface area contributed by atoms with Gasteiger partial charge >= 0.3 is 12.1 Å². The number of halogens is 3. The monoisotopic (exact) mass is 894 g/mol. The normalized spacial score (nSPS) is 25.8. The summed E-state index contributed by atoms with van der Waals surface area (Å²) >= 11 is 0. The van der Waals surface area contributed by atoms with Gasteiger partial charge in [-0.3, -0.25) is 9.80 Å². The van der Waals surface area contributed by atoms with E-state index in [0.29, 0.717) is 70.4 Å². The molecule has 6 atom stereocenters. The van der Waals surface area contributed by atoms with Crippen LogP contribution in [0.3, 0.4) is 0 Å². The Balaban J connectivity index is 1.24. The quantitative estimate of drug-likeness (QED) is 0.134. The minimum Gasteiger partial charge on any atom is -0.461 e. The summed E-state index contributed by atoms with van der Waals surface area (Å²) in [6.07, 6.45) is 3.93. The van der Waals surface area contributed by atoms with E-state index >= 15 is 8.78 Å². The first-order valence-corrected chi connectivity index (χ1v) is 26.0. The van der Waals surface area contributed by atoms with Crippen molar-refractivity contribution < 1.29 is 27.4 Å². The van der Waals surface area contributed by atoms with Crippen molar-refractivity contribution >= 4 is 41.7 Å². The first-order valence-electron chi connectivity index (χ1n) is 23.8. The highest BCUT2D eigenvalue weighted by Crippen LogP contribution is 2.48. The van der Waals surface area contributed by atoms with Gasteiger partial charge in [-0.2, -0.15) is 9.97 Å². The number of hydrogen-bond donors (Lipinski definition) is 0. The number of pyridine rings is 1. The second kappa shape index (κ2) is 16.5. The van der Waals surface area contributed by atoms with Crippen LogP contribution >= 0.6 is 0 Å². The maximum absolute atomic E-state index is 18.1. The zero-order valence-electron chi connectivity index (χ0n) is 39.3. The Morgan fingerprint density at radius 3 is 2.39 bits per heavy atom. The van der Waals surface area contributed by atoms with E-state index in [-0.39, 0.29) is 59.5 Å². The van der Waals surface area contributed by atoms with Gasteiger partial charge in [0, 0.05) is 30.5 Å². The fourth-order valence-corrected chi connectivity index (χ4v) is 17.9. The minimum atomic E-state index is -2.28. The molecular weight excluding hydrogens is 830 g/mol. The van der Waals surface area contributed by atoms with Crippen molar-refractivity contribution in [3.8, 4) is 28.7 Å². The van der Waals surface area contributed by atoms with Crippen LogP contribution in [0.25, 0.3) is 32.9 Å². The standard InChI is InChI=1S/C51H65F3N6O3Si/c1-29(2)64(30(3)4,31(5)6)24-21-36-38(53)18-16-33-13-11-14-37(41(33)36)45-43(54)46-42-44(55-45)32(7)15-19-39-40-20-17-35(60(40)49(61)63-50(8,9)10)27-59(39)47(42)57-48(56-46)62-28-51-22-12-23-58(51)26-34(52)25-51/h11,13-14,16,18,29-32,34-35,39-40H,12,15,17,19-20,22-23,25-28H2,1-10H3/t32-,34-,35-,39-,40+,51+/m1/s1. The lowest BCUT2D eigenvalue weighted by Crippen LogP contribution is -2.62. The molecule has 0 saturated carbocycles. The third-order valence-corrected chi connectivity index (χ3v) is 21.9. The van der Waals surface area contributed by atoms with E-state index in [1.54, 1.807) is 6.07 Å². The van der Waals surface area contributed by atoms with Crippen LogP contribution in [0.1, 0.15) is 131 Å². The maximum atomic E-state index is 18.1. The number of ether oxygens (including phenoxy) is 2. The summed E-state index contributed by atoms with van der Waals surface area (Å²) in [6.45, 7) is 23.0. The molecule has 342 valence electrons. The number of nitrogens with zero attached hydrogens (tertiary/aromatic N) is 6. The molecule has 0 unspecified atom stereocenters. The molecule has 4 aromatic rings. The Morgan fingerprint density at radius 1 is 0.938 bits per heavy atom. The molecule has 4 saturated heterocycles. The van der Waals surface area contributed by atoms with Crippen molar-refractivity contribution in [1.82, 2.24) is 24.8 Å². The molecule has 0 aliphatic carbocycles. The van der Waals surface area contributed by atoms with E-state index in [4.69, 9.17) is 24.4 Å². The molecule has 2 aromatic carbocycles. The highest BCUT2D eigenvalue weighted by atomic mass is 28.3. The van der Waals surface area contributed by atoms with Crippen LogP contribution in [-0.4, -0.2) is 101 Å². The van der Waals surface area contributed by atoms with Crippen LogP contribution in [0.4, 0.5) is 23.8 Å². The summed E-state index contributed by atoms with van der Waals surface area (Å²) in [7, 11) is -2.28. The molecular formula is C51H65F3N6O3Si. The minimum absolute atomic E-state index is 0.0230. The Hall–Kier alpha value is -4.41. The average molecular weight is 895 g/mol. The lowest BCUT2D eigenvalue weighted by molar-refractivity contribution is 0.00692. The highest BCUT2D eigenvalue weighted by Gasteiger charge is 2.52. The molecule has 9 nitrogen and oxygen atoms in total. The van der Waals surface area contributed by atoms with Crippen molar-refractivity contribution in [3.05, 3.63) is 53.2 Å². The Bertz CT molecular complexity index is 2530. The number of hydrogen-bond acceptors (Lipinski definition) is 8. The second-order valence-electron chi connectivity index (χ2n) is 21.4. The zero-order chi connectivity index (χ0) is 45.6. The van der Waals surface area contributed by atoms with E-state index < -0.39 is 37.0 Å². The maximum Gasteiger partial charge on any atom is 0.410 e.